The lowest BCUT2D eigenvalue weighted by molar-refractivity contribution is 0.0945. The Hall–Kier alpha value is -0.820. The summed E-state index contributed by atoms with van der Waals surface area (Å²) in [5, 5.41) is 10.1. The maximum Gasteiger partial charge on any atom is 0.0639 e. The maximum absolute atomic E-state index is 10.1. The van der Waals surface area contributed by atoms with Gasteiger partial charge < -0.3 is 5.11 Å². The van der Waals surface area contributed by atoms with Gasteiger partial charge in [0.1, 0.15) is 0 Å². The van der Waals surface area contributed by atoms with Crippen LogP contribution in [0.15, 0.2) is 30.3 Å². The second-order valence-electron chi connectivity index (χ2n) is 4.75. The fourth-order valence-electron chi connectivity index (χ4n) is 3.23. The molecule has 3 atom stereocenters. The fourth-order valence-corrected chi connectivity index (χ4v) is 3.23. The van der Waals surface area contributed by atoms with Gasteiger partial charge in [-0.05, 0) is 30.7 Å². The minimum Gasteiger partial charge on any atom is -0.392 e. The van der Waals surface area contributed by atoms with Crippen LogP contribution in [-0.4, -0.2) is 11.2 Å². The van der Waals surface area contributed by atoms with Crippen molar-refractivity contribution >= 4 is 0 Å². The first-order chi connectivity index (χ1) is 6.84. The van der Waals surface area contributed by atoms with E-state index in [1.165, 1.54) is 24.8 Å². The molecule has 0 radical (unpaired) electrons. The molecular formula is C13H16O. The van der Waals surface area contributed by atoms with Crippen LogP contribution in [0.2, 0.25) is 0 Å². The van der Waals surface area contributed by atoms with Crippen LogP contribution < -0.4 is 0 Å². The highest BCUT2D eigenvalue weighted by Crippen LogP contribution is 2.62. The number of aliphatic hydroxyl groups excluding tert-OH is 1. The van der Waals surface area contributed by atoms with E-state index in [9.17, 15) is 5.11 Å². The quantitative estimate of drug-likeness (QED) is 0.718. The van der Waals surface area contributed by atoms with Gasteiger partial charge in [0, 0.05) is 5.41 Å². The summed E-state index contributed by atoms with van der Waals surface area (Å²) in [4.78, 5) is 0. The lowest BCUT2D eigenvalue weighted by Gasteiger charge is -2.28. The van der Waals surface area contributed by atoms with Gasteiger partial charge in [-0.3, -0.25) is 0 Å². The summed E-state index contributed by atoms with van der Waals surface area (Å²) >= 11 is 0. The van der Waals surface area contributed by atoms with Crippen molar-refractivity contribution in [3.63, 3.8) is 0 Å². The minimum absolute atomic E-state index is 0.0938. The molecule has 1 aromatic rings. The molecule has 2 saturated carbocycles. The van der Waals surface area contributed by atoms with Crippen molar-refractivity contribution in [2.45, 2.75) is 37.2 Å². The van der Waals surface area contributed by atoms with E-state index in [4.69, 9.17) is 0 Å². The topological polar surface area (TPSA) is 20.2 Å². The molecule has 0 aromatic heterocycles. The summed E-state index contributed by atoms with van der Waals surface area (Å²) in [5.41, 5.74) is 1.51. The van der Waals surface area contributed by atoms with Gasteiger partial charge in [0.05, 0.1) is 6.10 Å². The molecule has 74 valence electrons. The van der Waals surface area contributed by atoms with Crippen molar-refractivity contribution in [3.05, 3.63) is 35.9 Å². The molecule has 1 heteroatoms. The van der Waals surface area contributed by atoms with Crippen molar-refractivity contribution in [1.82, 2.24) is 0 Å². The molecule has 1 N–H and O–H groups in total. The first kappa shape index (κ1) is 8.49. The molecule has 2 aliphatic rings. The number of fused-ring (bicyclic) bond motifs is 1. The van der Waals surface area contributed by atoms with Crippen molar-refractivity contribution in [1.29, 1.82) is 0 Å². The summed E-state index contributed by atoms with van der Waals surface area (Å²) < 4.78 is 0. The normalized spacial score (nSPS) is 40.4. The van der Waals surface area contributed by atoms with Crippen LogP contribution >= 0.6 is 0 Å². The van der Waals surface area contributed by atoms with E-state index in [1.807, 2.05) is 6.07 Å². The zero-order chi connectivity index (χ0) is 9.60. The Labute approximate surface area is 84.8 Å². The summed E-state index contributed by atoms with van der Waals surface area (Å²) in [6.07, 6.45) is 4.62. The average Bonchev–Trinajstić information content (AvgIpc) is 2.96. The number of rotatable bonds is 1. The highest BCUT2D eigenvalue weighted by Gasteiger charge is 2.60. The van der Waals surface area contributed by atoms with E-state index >= 15 is 0 Å². The summed E-state index contributed by atoms with van der Waals surface area (Å²) in [6.45, 7) is 0. The predicted octanol–water partition coefficient (Wildman–Crippen LogP) is 2.49. The van der Waals surface area contributed by atoms with E-state index < -0.39 is 0 Å². The van der Waals surface area contributed by atoms with E-state index in [1.54, 1.807) is 0 Å². The molecule has 0 spiro atoms. The van der Waals surface area contributed by atoms with Gasteiger partial charge in [-0.2, -0.15) is 0 Å². The molecule has 14 heavy (non-hydrogen) atoms. The Morgan fingerprint density at radius 3 is 2.64 bits per heavy atom. The maximum atomic E-state index is 10.1. The zero-order valence-electron chi connectivity index (χ0n) is 8.32. The third-order valence-corrected chi connectivity index (χ3v) is 4.09. The molecule has 0 saturated heterocycles. The molecule has 1 nitrogen and oxygen atoms in total. The smallest absolute Gasteiger partial charge is 0.0639 e. The number of hydrogen-bond acceptors (Lipinski definition) is 1. The third kappa shape index (κ3) is 0.992. The fraction of sp³-hybridized carbons (Fsp3) is 0.538. The van der Waals surface area contributed by atoms with E-state index in [0.29, 0.717) is 0 Å². The Kier molecular flexibility index (Phi) is 1.72. The van der Waals surface area contributed by atoms with Gasteiger partial charge in [-0.1, -0.05) is 36.8 Å². The highest BCUT2D eigenvalue weighted by atomic mass is 16.3. The lowest BCUT2D eigenvalue weighted by atomic mass is 9.80. The molecule has 2 fully saturated rings. The van der Waals surface area contributed by atoms with Crippen LogP contribution in [0.25, 0.3) is 0 Å². The van der Waals surface area contributed by atoms with E-state index in [2.05, 4.69) is 24.3 Å². The predicted molar refractivity (Wildman–Crippen MR) is 56.1 cm³/mol. The van der Waals surface area contributed by atoms with Gasteiger partial charge in [0.2, 0.25) is 0 Å². The zero-order valence-corrected chi connectivity index (χ0v) is 8.32. The molecule has 0 heterocycles. The first-order valence-corrected chi connectivity index (χ1v) is 5.57. The van der Waals surface area contributed by atoms with Crippen LogP contribution in [0, 0.1) is 5.92 Å². The molecule has 3 rings (SSSR count). The van der Waals surface area contributed by atoms with Gasteiger partial charge >= 0.3 is 0 Å². The van der Waals surface area contributed by atoms with Crippen LogP contribution in [0.1, 0.15) is 31.2 Å². The van der Waals surface area contributed by atoms with E-state index in [-0.39, 0.29) is 11.5 Å². The van der Waals surface area contributed by atoms with Crippen molar-refractivity contribution in [3.8, 4) is 0 Å². The van der Waals surface area contributed by atoms with Gasteiger partial charge in [-0.15, -0.1) is 0 Å². The van der Waals surface area contributed by atoms with Crippen molar-refractivity contribution < 1.29 is 5.11 Å². The largest absolute Gasteiger partial charge is 0.392 e. The molecule has 0 aliphatic heterocycles. The Balaban J connectivity index is 1.98. The minimum atomic E-state index is -0.0938. The van der Waals surface area contributed by atoms with Gasteiger partial charge in [0.25, 0.3) is 0 Å². The Morgan fingerprint density at radius 1 is 1.14 bits per heavy atom. The Bertz CT molecular complexity index is 332. The Morgan fingerprint density at radius 2 is 1.93 bits per heavy atom. The average molecular weight is 188 g/mol. The van der Waals surface area contributed by atoms with Crippen LogP contribution in [-0.2, 0) is 5.41 Å². The summed E-state index contributed by atoms with van der Waals surface area (Å²) in [7, 11) is 0. The second-order valence-corrected chi connectivity index (χ2v) is 4.75. The van der Waals surface area contributed by atoms with Crippen LogP contribution in [0.4, 0.5) is 0 Å². The van der Waals surface area contributed by atoms with Gasteiger partial charge in [-0.25, -0.2) is 0 Å². The van der Waals surface area contributed by atoms with Crippen LogP contribution in [0.3, 0.4) is 0 Å². The SMILES string of the molecule is O[C@@H]1CCC[C@H]2C[C@]21c1ccccc1. The second kappa shape index (κ2) is 2.83. The number of benzene rings is 1. The summed E-state index contributed by atoms with van der Waals surface area (Å²) in [6, 6.07) is 10.6. The molecular weight excluding hydrogens is 172 g/mol. The molecule has 0 amide bonds. The standard InChI is InChI=1S/C13H16O/c14-12-8-4-7-11-9-13(11,12)10-5-2-1-3-6-10/h1-3,5-6,11-12,14H,4,7-9H2/t11-,12+,13-/m0/s1. The molecule has 0 bridgehead atoms. The number of hydrogen-bond donors (Lipinski definition) is 1. The number of aliphatic hydroxyl groups is 1. The van der Waals surface area contributed by atoms with Crippen molar-refractivity contribution in [2.75, 3.05) is 0 Å². The molecule has 1 aromatic carbocycles. The summed E-state index contributed by atoms with van der Waals surface area (Å²) in [5.74, 6) is 0.758. The highest BCUT2D eigenvalue weighted by molar-refractivity contribution is 5.36. The van der Waals surface area contributed by atoms with Gasteiger partial charge in [0.15, 0.2) is 0 Å². The monoisotopic (exact) mass is 188 g/mol. The molecule has 2 aliphatic carbocycles. The van der Waals surface area contributed by atoms with E-state index in [0.717, 1.165) is 12.3 Å². The first-order valence-electron chi connectivity index (χ1n) is 5.57. The van der Waals surface area contributed by atoms with Crippen LogP contribution in [0.5, 0.6) is 0 Å². The third-order valence-electron chi connectivity index (χ3n) is 4.09. The van der Waals surface area contributed by atoms with Crippen molar-refractivity contribution in [2.24, 2.45) is 5.92 Å². The lowest BCUT2D eigenvalue weighted by Crippen LogP contribution is -2.31. The molecule has 0 unspecified atom stereocenters.